The quantitative estimate of drug-likeness (QED) is 0.583. The number of rotatable bonds is 5. The molecule has 3 aromatic rings. The number of carbonyl (C=O) groups is 1. The predicted molar refractivity (Wildman–Crippen MR) is 120 cm³/mol. The summed E-state index contributed by atoms with van der Waals surface area (Å²) in [6, 6.07) is 20.4. The van der Waals surface area contributed by atoms with E-state index >= 15 is 0 Å². The highest BCUT2D eigenvalue weighted by atomic mass is 32.2. The van der Waals surface area contributed by atoms with Crippen LogP contribution in [0.3, 0.4) is 0 Å². The Morgan fingerprint density at radius 1 is 1.00 bits per heavy atom. The SMILES string of the molecule is C[C@@H]1C[C@H](C)CN(C(=O)CSc2nc(-c3ccccc3)c(-c3ccccc3)[nH]2)C1. The summed E-state index contributed by atoms with van der Waals surface area (Å²) >= 11 is 1.49. The minimum atomic E-state index is 0.201. The number of aromatic nitrogens is 2. The summed E-state index contributed by atoms with van der Waals surface area (Å²) in [5.74, 6) is 1.76. The molecule has 1 aliphatic rings. The number of hydrogen-bond acceptors (Lipinski definition) is 3. The number of nitrogens with one attached hydrogen (secondary N) is 1. The fourth-order valence-electron chi connectivity index (χ4n) is 4.13. The van der Waals surface area contributed by atoms with Crippen molar-refractivity contribution >= 4 is 17.7 Å². The zero-order chi connectivity index (χ0) is 20.2. The molecular weight excluding hydrogens is 378 g/mol. The summed E-state index contributed by atoms with van der Waals surface area (Å²) in [6.45, 7) is 6.20. The van der Waals surface area contributed by atoms with Gasteiger partial charge in [0.05, 0.1) is 17.1 Å². The Kier molecular flexibility index (Phi) is 6.05. The van der Waals surface area contributed by atoms with Crippen LogP contribution in [0.25, 0.3) is 22.5 Å². The topological polar surface area (TPSA) is 49.0 Å². The second-order valence-electron chi connectivity index (χ2n) is 8.03. The van der Waals surface area contributed by atoms with Gasteiger partial charge in [-0.25, -0.2) is 4.98 Å². The predicted octanol–water partition coefficient (Wildman–Crippen LogP) is 5.34. The van der Waals surface area contributed by atoms with E-state index in [2.05, 4.69) is 43.1 Å². The molecule has 2 atom stereocenters. The Labute approximate surface area is 176 Å². The van der Waals surface area contributed by atoms with Gasteiger partial charge in [-0.2, -0.15) is 0 Å². The van der Waals surface area contributed by atoms with Crippen molar-refractivity contribution in [2.24, 2.45) is 11.8 Å². The summed E-state index contributed by atoms with van der Waals surface area (Å²) in [6.07, 6.45) is 1.20. The molecule has 2 heterocycles. The highest BCUT2D eigenvalue weighted by Gasteiger charge is 2.25. The van der Waals surface area contributed by atoms with Gasteiger partial charge in [0.15, 0.2) is 5.16 Å². The second kappa shape index (κ2) is 8.87. The van der Waals surface area contributed by atoms with Gasteiger partial charge in [-0.3, -0.25) is 4.79 Å². The van der Waals surface area contributed by atoms with E-state index in [1.165, 1.54) is 18.2 Å². The molecule has 5 heteroatoms. The van der Waals surface area contributed by atoms with Gasteiger partial charge in [-0.05, 0) is 18.3 Å². The number of imidazole rings is 1. The van der Waals surface area contributed by atoms with E-state index in [4.69, 9.17) is 4.98 Å². The summed E-state index contributed by atoms with van der Waals surface area (Å²) in [7, 11) is 0. The summed E-state index contributed by atoms with van der Waals surface area (Å²) in [5, 5.41) is 0.786. The Morgan fingerprint density at radius 2 is 1.59 bits per heavy atom. The third-order valence-electron chi connectivity index (χ3n) is 5.35. The fourth-order valence-corrected chi connectivity index (χ4v) is 4.90. The number of aromatic amines is 1. The maximum absolute atomic E-state index is 12.8. The van der Waals surface area contributed by atoms with Crippen LogP contribution in [-0.4, -0.2) is 39.6 Å². The molecule has 0 saturated carbocycles. The van der Waals surface area contributed by atoms with E-state index < -0.39 is 0 Å². The number of nitrogens with zero attached hydrogens (tertiary/aromatic N) is 2. The first-order valence-electron chi connectivity index (χ1n) is 10.2. The molecule has 2 aromatic carbocycles. The van der Waals surface area contributed by atoms with Crippen LogP contribution < -0.4 is 0 Å². The van der Waals surface area contributed by atoms with E-state index in [0.29, 0.717) is 17.6 Å². The molecule has 0 bridgehead atoms. The highest BCUT2D eigenvalue weighted by Crippen LogP contribution is 2.32. The lowest BCUT2D eigenvalue weighted by molar-refractivity contribution is -0.130. The lowest BCUT2D eigenvalue weighted by atomic mass is 9.92. The van der Waals surface area contributed by atoms with Crippen molar-refractivity contribution in [3.05, 3.63) is 60.7 Å². The molecule has 0 aliphatic carbocycles. The number of benzene rings is 2. The average molecular weight is 406 g/mol. The fraction of sp³-hybridized carbons (Fsp3) is 0.333. The zero-order valence-corrected chi connectivity index (χ0v) is 17.8. The number of hydrogen-bond donors (Lipinski definition) is 1. The molecule has 4 rings (SSSR count). The first-order valence-corrected chi connectivity index (χ1v) is 11.2. The van der Waals surface area contributed by atoms with Crippen molar-refractivity contribution in [3.63, 3.8) is 0 Å². The van der Waals surface area contributed by atoms with E-state index in [9.17, 15) is 4.79 Å². The van der Waals surface area contributed by atoms with Crippen LogP contribution in [0.5, 0.6) is 0 Å². The standard InChI is InChI=1S/C24H27N3OS/c1-17-13-18(2)15-27(14-17)21(28)16-29-24-25-22(19-9-5-3-6-10-19)23(26-24)20-11-7-4-8-12-20/h3-12,17-18H,13-16H2,1-2H3,(H,25,26)/t17-,18+. The van der Waals surface area contributed by atoms with E-state index in [-0.39, 0.29) is 5.91 Å². The van der Waals surface area contributed by atoms with Gasteiger partial charge in [0.1, 0.15) is 0 Å². The van der Waals surface area contributed by atoms with Crippen molar-refractivity contribution in [1.82, 2.24) is 14.9 Å². The first-order chi connectivity index (χ1) is 14.1. The summed E-state index contributed by atoms with van der Waals surface area (Å²) < 4.78 is 0. The molecule has 1 N–H and O–H groups in total. The van der Waals surface area contributed by atoms with E-state index in [0.717, 1.165) is 40.8 Å². The molecule has 150 valence electrons. The minimum Gasteiger partial charge on any atom is -0.341 e. The van der Waals surface area contributed by atoms with Crippen molar-refractivity contribution < 1.29 is 4.79 Å². The van der Waals surface area contributed by atoms with Crippen LogP contribution in [0.4, 0.5) is 0 Å². The van der Waals surface area contributed by atoms with Crippen LogP contribution in [0.2, 0.25) is 0 Å². The number of H-pyrrole nitrogens is 1. The first kappa shape index (κ1) is 19.8. The summed E-state index contributed by atoms with van der Waals surface area (Å²) in [5.41, 5.74) is 4.08. The molecule has 4 nitrogen and oxygen atoms in total. The van der Waals surface area contributed by atoms with Crippen molar-refractivity contribution in [3.8, 4) is 22.5 Å². The Balaban J connectivity index is 1.54. The average Bonchev–Trinajstić information content (AvgIpc) is 3.17. The molecule has 0 spiro atoms. The van der Waals surface area contributed by atoms with Gasteiger partial charge in [0, 0.05) is 24.2 Å². The van der Waals surface area contributed by atoms with Gasteiger partial charge in [0.25, 0.3) is 0 Å². The molecule has 1 aromatic heterocycles. The molecule has 29 heavy (non-hydrogen) atoms. The monoisotopic (exact) mass is 405 g/mol. The maximum Gasteiger partial charge on any atom is 0.233 e. The van der Waals surface area contributed by atoms with Gasteiger partial charge in [-0.1, -0.05) is 86.3 Å². The number of piperidine rings is 1. The van der Waals surface area contributed by atoms with E-state index in [1.54, 1.807) is 0 Å². The molecular formula is C24H27N3OS. The summed E-state index contributed by atoms with van der Waals surface area (Å²) in [4.78, 5) is 23.1. The third kappa shape index (κ3) is 4.73. The van der Waals surface area contributed by atoms with Gasteiger partial charge in [0.2, 0.25) is 5.91 Å². The minimum absolute atomic E-state index is 0.201. The molecule has 0 radical (unpaired) electrons. The normalized spacial score (nSPS) is 19.3. The number of amides is 1. The third-order valence-corrected chi connectivity index (χ3v) is 6.20. The smallest absolute Gasteiger partial charge is 0.233 e. The number of carbonyl (C=O) groups excluding carboxylic acids is 1. The Bertz CT molecular complexity index is 888. The highest BCUT2D eigenvalue weighted by molar-refractivity contribution is 7.99. The van der Waals surface area contributed by atoms with Crippen LogP contribution in [0, 0.1) is 11.8 Å². The largest absolute Gasteiger partial charge is 0.341 e. The molecule has 1 saturated heterocycles. The van der Waals surface area contributed by atoms with Crippen LogP contribution >= 0.6 is 11.8 Å². The van der Waals surface area contributed by atoms with Crippen molar-refractivity contribution in [2.45, 2.75) is 25.4 Å². The van der Waals surface area contributed by atoms with Crippen molar-refractivity contribution in [2.75, 3.05) is 18.8 Å². The van der Waals surface area contributed by atoms with Crippen molar-refractivity contribution in [1.29, 1.82) is 0 Å². The van der Waals surface area contributed by atoms with E-state index in [1.807, 2.05) is 41.3 Å². The van der Waals surface area contributed by atoms with Crippen LogP contribution in [0.1, 0.15) is 20.3 Å². The van der Waals surface area contributed by atoms with Gasteiger partial charge >= 0.3 is 0 Å². The zero-order valence-electron chi connectivity index (χ0n) is 17.0. The second-order valence-corrected chi connectivity index (χ2v) is 9.00. The molecule has 1 fully saturated rings. The Hall–Kier alpha value is -2.53. The van der Waals surface area contributed by atoms with Crippen LogP contribution in [0.15, 0.2) is 65.8 Å². The maximum atomic E-state index is 12.8. The Morgan fingerprint density at radius 3 is 2.21 bits per heavy atom. The number of likely N-dealkylation sites (tertiary alicyclic amines) is 1. The lowest BCUT2D eigenvalue weighted by Gasteiger charge is -2.34. The lowest BCUT2D eigenvalue weighted by Crippen LogP contribution is -2.43. The molecule has 1 aliphatic heterocycles. The molecule has 0 unspecified atom stereocenters. The number of thioether (sulfide) groups is 1. The van der Waals surface area contributed by atoms with Gasteiger partial charge < -0.3 is 9.88 Å². The van der Waals surface area contributed by atoms with Crippen LogP contribution in [-0.2, 0) is 4.79 Å². The molecule has 1 amide bonds. The van der Waals surface area contributed by atoms with Gasteiger partial charge in [-0.15, -0.1) is 0 Å².